The van der Waals surface area contributed by atoms with Gasteiger partial charge in [-0.05, 0) is 38.1 Å². The molecule has 224 valence electrons. The van der Waals surface area contributed by atoms with Crippen molar-refractivity contribution in [3.8, 4) is 5.75 Å². The second-order valence-corrected chi connectivity index (χ2v) is 11.0. The molecule has 0 radical (unpaired) electrons. The number of thiazole rings is 1. The number of hydroxylamine groups is 2. The van der Waals surface area contributed by atoms with E-state index in [1.165, 1.54) is 19.2 Å². The molecular weight excluding hydrogens is 582 g/mol. The molecule has 0 unspecified atom stereocenters. The molecule has 0 aliphatic carbocycles. The van der Waals surface area contributed by atoms with E-state index in [0.717, 1.165) is 11.3 Å². The number of carbonyl (C=O) groups excluding carboxylic acids is 2. The minimum Gasteiger partial charge on any atom is -0.490 e. The Kier molecular flexibility index (Phi) is 10.2. The summed E-state index contributed by atoms with van der Waals surface area (Å²) in [6.07, 6.45) is 0. The zero-order valence-electron chi connectivity index (χ0n) is 22.1. The van der Waals surface area contributed by atoms with E-state index in [0.29, 0.717) is 22.2 Å². The van der Waals surface area contributed by atoms with Gasteiger partial charge in [-0.25, -0.2) is 4.98 Å². The van der Waals surface area contributed by atoms with Crippen LogP contribution in [0.25, 0.3) is 0 Å². The van der Waals surface area contributed by atoms with E-state index in [1.54, 1.807) is 24.3 Å². The average Bonchev–Trinajstić information content (AvgIpc) is 3.35. The first kappa shape index (κ1) is 31.6. The molecule has 1 fully saturated rings. The molecule has 2 heterocycles. The van der Waals surface area contributed by atoms with E-state index in [2.05, 4.69) is 24.7 Å². The summed E-state index contributed by atoms with van der Waals surface area (Å²) in [4.78, 5) is 37.8. The molecule has 19 heteroatoms. The van der Waals surface area contributed by atoms with Crippen molar-refractivity contribution in [1.82, 2.24) is 10.4 Å². The molecule has 1 aliphatic heterocycles. The molecule has 3 rings (SSSR count). The number of benzene rings is 1. The largest absolute Gasteiger partial charge is 0.490 e. The van der Waals surface area contributed by atoms with Crippen LogP contribution in [0.3, 0.4) is 0 Å². The van der Waals surface area contributed by atoms with Crippen LogP contribution in [0.2, 0.25) is 0 Å². The minimum absolute atomic E-state index is 0.0553. The number of rotatable bonds is 14. The van der Waals surface area contributed by atoms with E-state index in [1.807, 2.05) is 0 Å². The van der Waals surface area contributed by atoms with Crippen molar-refractivity contribution in [3.05, 3.63) is 40.9 Å². The van der Waals surface area contributed by atoms with E-state index in [4.69, 9.17) is 37.1 Å². The highest BCUT2D eigenvalue weighted by Gasteiger charge is 2.58. The van der Waals surface area contributed by atoms with Gasteiger partial charge in [0, 0.05) is 24.0 Å². The molecule has 1 saturated heterocycles. The summed E-state index contributed by atoms with van der Waals surface area (Å²) in [6.45, 7) is 3.42. The SMILES string of the molecule is CC1(C)[C@H](NC(=O)/C(=N\OCCOc2ccc(C(N)=NC(CN)CN)cc2)c2csc(N)[nH+]2)C(=O)N1OS(=O)(=O)O. The first-order valence-electron chi connectivity index (χ1n) is 12.0. The number of nitrogens with one attached hydrogen (secondary N) is 2. The topological polar surface area (TPSA) is 274 Å². The molecule has 0 bridgehead atoms. The summed E-state index contributed by atoms with van der Waals surface area (Å²) < 4.78 is 40.9. The molecule has 11 N–H and O–H groups in total. The van der Waals surface area contributed by atoms with Crippen molar-refractivity contribution in [2.24, 2.45) is 27.3 Å². The Morgan fingerprint density at radius 2 is 1.90 bits per heavy atom. The number of nitrogens with two attached hydrogens (primary N) is 4. The number of nitrogen functional groups attached to an aromatic ring is 1. The lowest BCUT2D eigenvalue weighted by atomic mass is 9.84. The lowest BCUT2D eigenvalue weighted by Crippen LogP contribution is -2.76. The molecule has 1 atom stereocenters. The van der Waals surface area contributed by atoms with Crippen LogP contribution in [0.15, 0.2) is 39.8 Å². The highest BCUT2D eigenvalue weighted by atomic mass is 32.3. The van der Waals surface area contributed by atoms with Crippen molar-refractivity contribution in [2.75, 3.05) is 32.0 Å². The van der Waals surface area contributed by atoms with Crippen LogP contribution in [-0.4, -0.2) is 85.3 Å². The Morgan fingerprint density at radius 1 is 1.24 bits per heavy atom. The molecule has 41 heavy (non-hydrogen) atoms. The number of aromatic nitrogens is 1. The fourth-order valence-corrected chi connectivity index (χ4v) is 4.60. The van der Waals surface area contributed by atoms with Gasteiger partial charge in [0.15, 0.2) is 12.3 Å². The number of carbonyl (C=O) groups is 2. The number of amides is 2. The van der Waals surface area contributed by atoms with E-state index >= 15 is 0 Å². The smallest absolute Gasteiger partial charge is 0.418 e. The third-order valence-corrected chi connectivity index (χ3v) is 6.82. The Morgan fingerprint density at radius 3 is 2.44 bits per heavy atom. The van der Waals surface area contributed by atoms with Crippen LogP contribution in [0.5, 0.6) is 5.75 Å². The van der Waals surface area contributed by atoms with Crippen molar-refractivity contribution >= 4 is 50.2 Å². The normalized spacial score (nSPS) is 17.4. The fourth-order valence-electron chi connectivity index (χ4n) is 3.56. The maximum Gasteiger partial charge on any atom is 0.418 e. The van der Waals surface area contributed by atoms with Crippen molar-refractivity contribution in [3.63, 3.8) is 0 Å². The van der Waals surface area contributed by atoms with Gasteiger partial charge >= 0.3 is 15.5 Å². The zero-order chi connectivity index (χ0) is 30.4. The highest BCUT2D eigenvalue weighted by Crippen LogP contribution is 2.32. The molecule has 0 spiro atoms. The molecule has 1 aromatic heterocycles. The second kappa shape index (κ2) is 13.2. The number of anilines is 1. The first-order chi connectivity index (χ1) is 19.3. The van der Waals surface area contributed by atoms with Gasteiger partial charge in [0.25, 0.3) is 11.8 Å². The maximum absolute atomic E-state index is 13.0. The van der Waals surface area contributed by atoms with Gasteiger partial charge in [-0.2, -0.15) is 13.5 Å². The molecule has 1 aromatic carbocycles. The summed E-state index contributed by atoms with van der Waals surface area (Å²) in [5.74, 6) is -0.902. The lowest BCUT2D eigenvalue weighted by Gasteiger charge is -2.50. The van der Waals surface area contributed by atoms with Crippen LogP contribution < -0.4 is 38.0 Å². The number of oxime groups is 1. The van der Waals surface area contributed by atoms with Crippen LogP contribution in [-0.2, 0) is 29.1 Å². The number of hydrogen-bond acceptors (Lipinski definition) is 13. The Balaban J connectivity index is 1.60. The minimum atomic E-state index is -4.95. The maximum atomic E-state index is 13.0. The van der Waals surface area contributed by atoms with E-state index < -0.39 is 33.8 Å². The van der Waals surface area contributed by atoms with E-state index in [9.17, 15) is 18.0 Å². The van der Waals surface area contributed by atoms with Crippen molar-refractivity contribution in [1.29, 1.82) is 0 Å². The molecular formula is C22H32N9O8S2+. The van der Waals surface area contributed by atoms with E-state index in [-0.39, 0.29) is 48.9 Å². The Bertz CT molecular complexity index is 1410. The zero-order valence-corrected chi connectivity index (χ0v) is 23.8. The van der Waals surface area contributed by atoms with Crippen molar-refractivity contribution < 1.29 is 41.4 Å². The van der Waals surface area contributed by atoms with Gasteiger partial charge in [-0.3, -0.25) is 24.9 Å². The quantitative estimate of drug-likeness (QED) is 0.0329. The highest BCUT2D eigenvalue weighted by molar-refractivity contribution is 7.80. The monoisotopic (exact) mass is 614 g/mol. The summed E-state index contributed by atoms with van der Waals surface area (Å²) in [7, 11) is -4.95. The van der Waals surface area contributed by atoms with Crippen LogP contribution in [0.4, 0.5) is 5.13 Å². The second-order valence-electron chi connectivity index (χ2n) is 9.12. The molecule has 17 nitrogen and oxygen atoms in total. The Labute approximate surface area is 239 Å². The summed E-state index contributed by atoms with van der Waals surface area (Å²) in [5.41, 5.74) is 22.3. The molecule has 2 amide bonds. The van der Waals surface area contributed by atoms with Crippen LogP contribution in [0.1, 0.15) is 25.1 Å². The number of hydrogen-bond donors (Lipinski definition) is 6. The predicted molar refractivity (Wildman–Crippen MR) is 148 cm³/mol. The van der Waals surface area contributed by atoms with Gasteiger partial charge in [0.1, 0.15) is 24.2 Å². The molecule has 2 aromatic rings. The summed E-state index contributed by atoms with van der Waals surface area (Å²) in [5, 5.41) is 8.59. The molecule has 0 saturated carbocycles. The third-order valence-electron chi connectivity index (χ3n) is 5.77. The summed E-state index contributed by atoms with van der Waals surface area (Å²) in [6, 6.07) is 5.36. The third kappa shape index (κ3) is 8.08. The number of aromatic amines is 1. The van der Waals surface area contributed by atoms with Crippen LogP contribution in [0, 0.1) is 0 Å². The predicted octanol–water partition coefficient (Wildman–Crippen LogP) is -2.22. The van der Waals surface area contributed by atoms with Gasteiger partial charge in [-0.15, -0.1) is 4.28 Å². The van der Waals surface area contributed by atoms with Gasteiger partial charge in [0.2, 0.25) is 5.71 Å². The standard InChI is InChI=1S/C22H31N9O8S2/c1-22(2)17(20(33)31(22)39-41(34,35)36)29-19(32)16(15-11-40-21(26)28-15)30-38-8-7-37-14-5-3-12(4-6-14)18(25)27-13(9-23)10-24/h3-6,11,13,17H,7-10,23-24H2,1-2H3,(H2,25,27)(H2,26,28)(H,29,32)(H,34,35,36)/p+1/b30-16-/t17-/m1/s1. The number of aliphatic imine (C=N–C) groups is 1. The Hall–Kier alpha value is -3.88. The molecule has 1 aliphatic rings. The van der Waals surface area contributed by atoms with Gasteiger partial charge in [-0.1, -0.05) is 16.5 Å². The van der Waals surface area contributed by atoms with Gasteiger partial charge in [0.05, 0.1) is 11.6 Å². The number of β-lactam (4-membered cyclic amide) rings is 1. The number of nitrogens with zero attached hydrogens (tertiary/aromatic N) is 3. The van der Waals surface area contributed by atoms with Crippen LogP contribution >= 0.6 is 11.3 Å². The number of amidine groups is 1. The summed E-state index contributed by atoms with van der Waals surface area (Å²) >= 11 is 1.11. The van der Waals surface area contributed by atoms with Gasteiger partial charge < -0.3 is 32.1 Å². The fraction of sp³-hybridized carbons (Fsp3) is 0.409. The lowest BCUT2D eigenvalue weighted by molar-refractivity contribution is -0.356. The average molecular weight is 615 g/mol. The number of H-pyrrole nitrogens is 1. The first-order valence-corrected chi connectivity index (χ1v) is 14.3. The number of ether oxygens (including phenoxy) is 1. The van der Waals surface area contributed by atoms with Crippen molar-refractivity contribution in [2.45, 2.75) is 31.5 Å².